The summed E-state index contributed by atoms with van der Waals surface area (Å²) in [6, 6.07) is 5.89. The fourth-order valence-electron chi connectivity index (χ4n) is 1.59. The number of benzene rings is 1. The third-order valence-corrected chi connectivity index (χ3v) is 2.74. The van der Waals surface area contributed by atoms with Crippen molar-refractivity contribution in [2.75, 3.05) is 11.9 Å². The highest BCUT2D eigenvalue weighted by atomic mass is 35.5. The number of hydrogen-bond acceptors (Lipinski definition) is 2. The molecule has 3 N–H and O–H groups in total. The molecule has 16 heavy (non-hydrogen) atoms. The van der Waals surface area contributed by atoms with Gasteiger partial charge in [0.2, 0.25) is 0 Å². The van der Waals surface area contributed by atoms with Crippen LogP contribution in [0.4, 0.5) is 5.69 Å². The van der Waals surface area contributed by atoms with E-state index in [-0.39, 0.29) is 5.54 Å². The number of halogens is 1. The first-order valence-corrected chi connectivity index (χ1v) is 6.05. The lowest BCUT2D eigenvalue weighted by atomic mass is 10.0. The Kier molecular flexibility index (Phi) is 4.63. The summed E-state index contributed by atoms with van der Waals surface area (Å²) in [5.41, 5.74) is 8.18. The van der Waals surface area contributed by atoms with Crippen LogP contribution in [-0.2, 0) is 0 Å². The second kappa shape index (κ2) is 5.55. The van der Waals surface area contributed by atoms with Gasteiger partial charge in [0.1, 0.15) is 0 Å². The minimum Gasteiger partial charge on any atom is -0.385 e. The second-order valence-corrected chi connectivity index (χ2v) is 5.41. The normalized spacial score (nSPS) is 11.6. The zero-order chi connectivity index (χ0) is 12.2. The molecule has 0 saturated carbocycles. The van der Waals surface area contributed by atoms with Gasteiger partial charge in [-0.05, 0) is 57.4 Å². The molecular formula is C13H21ClN2. The lowest BCUT2D eigenvalue weighted by Gasteiger charge is -2.18. The van der Waals surface area contributed by atoms with Crippen molar-refractivity contribution in [3.05, 3.63) is 28.8 Å². The van der Waals surface area contributed by atoms with Crippen LogP contribution in [-0.4, -0.2) is 12.1 Å². The number of nitrogens with one attached hydrogen (secondary N) is 1. The standard InChI is InChI=1S/C13H21ClN2/c1-10-9-11(14)5-6-12(10)16-8-4-7-13(2,3)15/h5-6,9,16H,4,7-8,15H2,1-3H3. The second-order valence-electron chi connectivity index (χ2n) is 4.98. The first kappa shape index (κ1) is 13.3. The van der Waals surface area contributed by atoms with Gasteiger partial charge in [-0.15, -0.1) is 0 Å². The quantitative estimate of drug-likeness (QED) is 0.773. The molecule has 90 valence electrons. The van der Waals surface area contributed by atoms with Crippen LogP contribution in [0.15, 0.2) is 18.2 Å². The van der Waals surface area contributed by atoms with Crippen LogP contribution in [0.3, 0.4) is 0 Å². The van der Waals surface area contributed by atoms with Crippen LogP contribution in [0.1, 0.15) is 32.3 Å². The molecule has 0 unspecified atom stereocenters. The molecule has 3 heteroatoms. The van der Waals surface area contributed by atoms with Gasteiger partial charge in [-0.2, -0.15) is 0 Å². The molecule has 0 heterocycles. The minimum atomic E-state index is -0.0727. The average molecular weight is 241 g/mol. The van der Waals surface area contributed by atoms with Gasteiger partial charge in [0.05, 0.1) is 0 Å². The van der Waals surface area contributed by atoms with Crippen LogP contribution in [0, 0.1) is 6.92 Å². The maximum Gasteiger partial charge on any atom is 0.0410 e. The molecule has 0 saturated heterocycles. The number of hydrogen-bond donors (Lipinski definition) is 2. The van der Waals surface area contributed by atoms with Gasteiger partial charge in [-0.25, -0.2) is 0 Å². The molecule has 0 aliphatic heterocycles. The van der Waals surface area contributed by atoms with E-state index in [1.165, 1.54) is 5.56 Å². The topological polar surface area (TPSA) is 38.0 Å². The molecule has 1 aromatic carbocycles. The average Bonchev–Trinajstić information content (AvgIpc) is 2.13. The largest absolute Gasteiger partial charge is 0.385 e. The molecule has 0 aliphatic rings. The van der Waals surface area contributed by atoms with Gasteiger partial charge in [0, 0.05) is 22.8 Å². The first-order valence-electron chi connectivity index (χ1n) is 5.67. The number of aryl methyl sites for hydroxylation is 1. The zero-order valence-electron chi connectivity index (χ0n) is 10.3. The van der Waals surface area contributed by atoms with Crippen LogP contribution in [0.5, 0.6) is 0 Å². The highest BCUT2D eigenvalue weighted by molar-refractivity contribution is 6.30. The van der Waals surface area contributed by atoms with E-state index in [2.05, 4.69) is 26.1 Å². The van der Waals surface area contributed by atoms with Gasteiger partial charge < -0.3 is 11.1 Å². The summed E-state index contributed by atoms with van der Waals surface area (Å²) in [4.78, 5) is 0. The van der Waals surface area contributed by atoms with Gasteiger partial charge in [-0.1, -0.05) is 11.6 Å². The lowest BCUT2D eigenvalue weighted by molar-refractivity contribution is 0.465. The summed E-state index contributed by atoms with van der Waals surface area (Å²) < 4.78 is 0. The van der Waals surface area contributed by atoms with Gasteiger partial charge in [0.25, 0.3) is 0 Å². The molecule has 1 aromatic rings. The van der Waals surface area contributed by atoms with Gasteiger partial charge in [0.15, 0.2) is 0 Å². The number of rotatable bonds is 5. The molecule has 0 aliphatic carbocycles. The summed E-state index contributed by atoms with van der Waals surface area (Å²) >= 11 is 5.89. The summed E-state index contributed by atoms with van der Waals surface area (Å²) in [6.45, 7) is 7.12. The predicted molar refractivity (Wildman–Crippen MR) is 72.2 cm³/mol. The van der Waals surface area contributed by atoms with Crippen LogP contribution < -0.4 is 11.1 Å². The Labute approximate surface area is 103 Å². The molecular weight excluding hydrogens is 220 g/mol. The molecule has 0 fully saturated rings. The van der Waals surface area contributed by atoms with Crippen molar-refractivity contribution in [1.29, 1.82) is 0 Å². The molecule has 0 atom stereocenters. The Bertz CT molecular complexity index is 342. The van der Waals surface area contributed by atoms with Crippen molar-refractivity contribution >= 4 is 17.3 Å². The van der Waals surface area contributed by atoms with Gasteiger partial charge >= 0.3 is 0 Å². The molecule has 0 bridgehead atoms. The molecule has 0 spiro atoms. The van der Waals surface area contributed by atoms with E-state index < -0.39 is 0 Å². The summed E-state index contributed by atoms with van der Waals surface area (Å²) in [7, 11) is 0. The fourth-order valence-corrected chi connectivity index (χ4v) is 1.82. The first-order chi connectivity index (χ1) is 7.38. The van der Waals surface area contributed by atoms with E-state index in [0.717, 1.165) is 30.1 Å². The Morgan fingerprint density at radius 2 is 2.06 bits per heavy atom. The molecule has 0 radical (unpaired) electrons. The van der Waals surface area contributed by atoms with Crippen molar-refractivity contribution < 1.29 is 0 Å². The van der Waals surface area contributed by atoms with E-state index in [1.54, 1.807) is 0 Å². The van der Waals surface area contributed by atoms with E-state index in [0.29, 0.717) is 0 Å². The van der Waals surface area contributed by atoms with Crippen molar-refractivity contribution in [3.8, 4) is 0 Å². The minimum absolute atomic E-state index is 0.0727. The lowest BCUT2D eigenvalue weighted by Crippen LogP contribution is -2.32. The van der Waals surface area contributed by atoms with Crippen molar-refractivity contribution in [1.82, 2.24) is 0 Å². The van der Waals surface area contributed by atoms with Crippen LogP contribution in [0.25, 0.3) is 0 Å². The molecule has 1 rings (SSSR count). The van der Waals surface area contributed by atoms with Crippen LogP contribution >= 0.6 is 11.6 Å². The number of nitrogens with two attached hydrogens (primary N) is 1. The summed E-state index contributed by atoms with van der Waals surface area (Å²) in [6.07, 6.45) is 2.10. The highest BCUT2D eigenvalue weighted by Crippen LogP contribution is 2.19. The third kappa shape index (κ3) is 4.86. The predicted octanol–water partition coefficient (Wildman–Crippen LogP) is 3.58. The SMILES string of the molecule is Cc1cc(Cl)ccc1NCCCC(C)(C)N. The Morgan fingerprint density at radius 3 is 2.62 bits per heavy atom. The summed E-state index contributed by atoms with van der Waals surface area (Å²) in [5.74, 6) is 0. The van der Waals surface area contributed by atoms with Crippen molar-refractivity contribution in [2.45, 2.75) is 39.2 Å². The van der Waals surface area contributed by atoms with E-state index in [1.807, 2.05) is 18.2 Å². The molecule has 0 amide bonds. The van der Waals surface area contributed by atoms with Crippen molar-refractivity contribution in [2.24, 2.45) is 5.73 Å². The smallest absolute Gasteiger partial charge is 0.0410 e. The third-order valence-electron chi connectivity index (χ3n) is 2.50. The van der Waals surface area contributed by atoms with E-state index in [4.69, 9.17) is 17.3 Å². The Balaban J connectivity index is 2.38. The van der Waals surface area contributed by atoms with Crippen molar-refractivity contribution in [3.63, 3.8) is 0 Å². The summed E-state index contributed by atoms with van der Waals surface area (Å²) in [5, 5.41) is 4.18. The Morgan fingerprint density at radius 1 is 1.38 bits per heavy atom. The maximum atomic E-state index is 5.92. The Hall–Kier alpha value is -0.730. The fraction of sp³-hybridized carbons (Fsp3) is 0.538. The van der Waals surface area contributed by atoms with Crippen LogP contribution in [0.2, 0.25) is 5.02 Å². The number of anilines is 1. The van der Waals surface area contributed by atoms with E-state index >= 15 is 0 Å². The molecule has 0 aromatic heterocycles. The van der Waals surface area contributed by atoms with E-state index in [9.17, 15) is 0 Å². The highest BCUT2D eigenvalue weighted by Gasteiger charge is 2.09. The molecule has 2 nitrogen and oxygen atoms in total. The monoisotopic (exact) mass is 240 g/mol. The van der Waals surface area contributed by atoms with Gasteiger partial charge in [-0.3, -0.25) is 0 Å². The maximum absolute atomic E-state index is 5.92. The zero-order valence-corrected chi connectivity index (χ0v) is 11.1.